The summed E-state index contributed by atoms with van der Waals surface area (Å²) in [5.74, 6) is 1.10. The van der Waals surface area contributed by atoms with E-state index in [1.165, 1.54) is 0 Å². The highest BCUT2D eigenvalue weighted by Crippen LogP contribution is 2.05. The molecule has 0 saturated carbocycles. The van der Waals surface area contributed by atoms with Gasteiger partial charge >= 0.3 is 0 Å². The van der Waals surface area contributed by atoms with Crippen molar-refractivity contribution in [2.75, 3.05) is 5.75 Å². The third-order valence-corrected chi connectivity index (χ3v) is 1.51. The van der Waals surface area contributed by atoms with E-state index in [0.29, 0.717) is 0 Å². The lowest BCUT2D eigenvalue weighted by Crippen LogP contribution is -1.64. The molecule has 0 rings (SSSR count). The van der Waals surface area contributed by atoms with E-state index in [0.717, 1.165) is 11.4 Å². The van der Waals surface area contributed by atoms with Gasteiger partial charge in [0.2, 0.25) is 0 Å². The molecule has 0 unspecified atom stereocenters. The summed E-state index contributed by atoms with van der Waals surface area (Å²) < 4.78 is 0. The monoisotopic (exact) mass is 129 g/mol. The normalized spacial score (nSPS) is 11.5. The SMILES string of the molecule is C=N/C(C)=C\SCC. The molecule has 0 aromatic rings. The molecule has 0 aromatic heterocycles. The van der Waals surface area contributed by atoms with E-state index in [9.17, 15) is 0 Å². The number of nitrogens with zero attached hydrogens (tertiary/aromatic N) is 1. The van der Waals surface area contributed by atoms with Gasteiger partial charge < -0.3 is 0 Å². The number of thioether (sulfide) groups is 1. The molecule has 0 atom stereocenters. The summed E-state index contributed by atoms with van der Waals surface area (Å²) in [6.07, 6.45) is 0. The minimum Gasteiger partial charge on any atom is -0.269 e. The van der Waals surface area contributed by atoms with Crippen molar-refractivity contribution in [1.29, 1.82) is 0 Å². The van der Waals surface area contributed by atoms with E-state index in [4.69, 9.17) is 0 Å². The van der Waals surface area contributed by atoms with Gasteiger partial charge in [0.05, 0.1) is 0 Å². The Morgan fingerprint density at radius 1 is 1.88 bits per heavy atom. The van der Waals surface area contributed by atoms with Crippen LogP contribution < -0.4 is 0 Å². The van der Waals surface area contributed by atoms with Crippen molar-refractivity contribution in [3.63, 3.8) is 0 Å². The lowest BCUT2D eigenvalue weighted by molar-refractivity contribution is 1.34. The van der Waals surface area contributed by atoms with Gasteiger partial charge in [-0.3, -0.25) is 4.99 Å². The second-order valence-corrected chi connectivity index (χ2v) is 2.52. The molecule has 8 heavy (non-hydrogen) atoms. The first-order chi connectivity index (χ1) is 3.81. The van der Waals surface area contributed by atoms with Gasteiger partial charge in [0.25, 0.3) is 0 Å². The third kappa shape index (κ3) is 3.93. The predicted molar refractivity (Wildman–Crippen MR) is 41.4 cm³/mol. The first-order valence-electron chi connectivity index (χ1n) is 2.56. The Kier molecular flexibility index (Phi) is 4.76. The maximum atomic E-state index is 3.72. The van der Waals surface area contributed by atoms with Crippen LogP contribution in [-0.2, 0) is 0 Å². The molecule has 0 aliphatic carbocycles. The van der Waals surface area contributed by atoms with Gasteiger partial charge in [-0.1, -0.05) is 6.92 Å². The molecule has 0 bridgehead atoms. The van der Waals surface area contributed by atoms with Gasteiger partial charge in [0.1, 0.15) is 0 Å². The highest BCUT2D eigenvalue weighted by Gasteiger charge is 1.77. The zero-order chi connectivity index (χ0) is 6.41. The number of hydrogen-bond donors (Lipinski definition) is 0. The quantitative estimate of drug-likeness (QED) is 0.533. The standard InChI is InChI=1S/C6H11NS/c1-4-8-5-6(2)7-3/h5H,3-4H2,1-2H3/b6-5-. The van der Waals surface area contributed by atoms with Crippen molar-refractivity contribution in [1.82, 2.24) is 0 Å². The summed E-state index contributed by atoms with van der Waals surface area (Å²) >= 11 is 1.74. The van der Waals surface area contributed by atoms with Gasteiger partial charge in [-0.2, -0.15) is 0 Å². The summed E-state index contributed by atoms with van der Waals surface area (Å²) in [5, 5.41) is 2.01. The number of hydrogen-bond acceptors (Lipinski definition) is 2. The van der Waals surface area contributed by atoms with Gasteiger partial charge in [-0.05, 0) is 24.8 Å². The average Bonchev–Trinajstić information content (AvgIpc) is 1.83. The molecule has 2 heteroatoms. The van der Waals surface area contributed by atoms with E-state index in [1.54, 1.807) is 11.8 Å². The van der Waals surface area contributed by atoms with Gasteiger partial charge in [0, 0.05) is 5.70 Å². The highest BCUT2D eigenvalue weighted by molar-refractivity contribution is 8.02. The highest BCUT2D eigenvalue weighted by atomic mass is 32.2. The molecule has 0 aromatic carbocycles. The number of allylic oxidation sites excluding steroid dienone is 1. The van der Waals surface area contributed by atoms with Crippen LogP contribution in [0.3, 0.4) is 0 Å². The molecule has 0 heterocycles. The van der Waals surface area contributed by atoms with Crippen LogP contribution in [0, 0.1) is 0 Å². The summed E-state index contributed by atoms with van der Waals surface area (Å²) in [4.78, 5) is 3.72. The van der Waals surface area contributed by atoms with E-state index in [1.807, 2.05) is 12.3 Å². The van der Waals surface area contributed by atoms with Crippen molar-refractivity contribution in [2.24, 2.45) is 4.99 Å². The van der Waals surface area contributed by atoms with Crippen LogP contribution in [0.4, 0.5) is 0 Å². The van der Waals surface area contributed by atoms with Crippen molar-refractivity contribution < 1.29 is 0 Å². The molecule has 0 N–H and O–H groups in total. The summed E-state index contributed by atoms with van der Waals surface area (Å²) in [7, 11) is 0. The van der Waals surface area contributed by atoms with Crippen LogP contribution in [0.1, 0.15) is 13.8 Å². The van der Waals surface area contributed by atoms with E-state index < -0.39 is 0 Å². The fourth-order valence-electron chi connectivity index (χ4n) is 0.241. The van der Waals surface area contributed by atoms with E-state index >= 15 is 0 Å². The minimum atomic E-state index is 0.997. The molecule has 0 amide bonds. The van der Waals surface area contributed by atoms with Gasteiger partial charge in [-0.15, -0.1) is 11.8 Å². The largest absolute Gasteiger partial charge is 0.269 e. The third-order valence-electron chi connectivity index (χ3n) is 0.670. The van der Waals surface area contributed by atoms with Crippen LogP contribution in [0.25, 0.3) is 0 Å². The fraction of sp³-hybridized carbons (Fsp3) is 0.500. The lowest BCUT2D eigenvalue weighted by Gasteiger charge is -1.86. The minimum absolute atomic E-state index is 0.997. The first-order valence-corrected chi connectivity index (χ1v) is 3.61. The molecule has 0 fully saturated rings. The molecule has 0 aliphatic rings. The Bertz CT molecular complexity index is 96.7. The maximum Gasteiger partial charge on any atom is 0.0428 e. The van der Waals surface area contributed by atoms with Crippen LogP contribution in [0.5, 0.6) is 0 Å². The molecule has 1 nitrogen and oxygen atoms in total. The van der Waals surface area contributed by atoms with Crippen molar-refractivity contribution in [3.8, 4) is 0 Å². The Hall–Kier alpha value is -0.240. The number of rotatable bonds is 3. The fourth-order valence-corrected chi connectivity index (χ4v) is 0.724. The Morgan fingerprint density at radius 3 is 2.88 bits per heavy atom. The molecule has 0 saturated heterocycles. The second-order valence-electron chi connectivity index (χ2n) is 1.37. The van der Waals surface area contributed by atoms with Crippen molar-refractivity contribution in [2.45, 2.75) is 13.8 Å². The predicted octanol–water partition coefficient (Wildman–Crippen LogP) is 2.30. The molecule has 0 radical (unpaired) electrons. The van der Waals surface area contributed by atoms with Gasteiger partial charge in [0.15, 0.2) is 0 Å². The maximum absolute atomic E-state index is 3.72. The summed E-state index contributed by atoms with van der Waals surface area (Å²) in [5.41, 5.74) is 0.997. The molecular weight excluding hydrogens is 118 g/mol. The van der Waals surface area contributed by atoms with Crippen LogP contribution in [0.2, 0.25) is 0 Å². The smallest absolute Gasteiger partial charge is 0.0428 e. The zero-order valence-electron chi connectivity index (χ0n) is 5.35. The molecule has 0 spiro atoms. The molecule has 0 aliphatic heterocycles. The van der Waals surface area contributed by atoms with Gasteiger partial charge in [-0.25, -0.2) is 0 Å². The Balaban J connectivity index is 3.40. The molecular formula is C6H11NS. The first kappa shape index (κ1) is 7.76. The van der Waals surface area contributed by atoms with E-state index in [-0.39, 0.29) is 0 Å². The molecule has 46 valence electrons. The lowest BCUT2D eigenvalue weighted by atomic mass is 10.6. The summed E-state index contributed by atoms with van der Waals surface area (Å²) in [6, 6.07) is 0. The van der Waals surface area contributed by atoms with Crippen LogP contribution >= 0.6 is 11.8 Å². The van der Waals surface area contributed by atoms with Crippen molar-refractivity contribution in [3.05, 3.63) is 11.1 Å². The van der Waals surface area contributed by atoms with Crippen molar-refractivity contribution >= 4 is 18.5 Å². The second kappa shape index (κ2) is 4.91. The zero-order valence-corrected chi connectivity index (χ0v) is 6.16. The Labute approximate surface area is 54.9 Å². The van der Waals surface area contributed by atoms with Crippen LogP contribution in [-0.4, -0.2) is 12.5 Å². The van der Waals surface area contributed by atoms with E-state index in [2.05, 4.69) is 18.6 Å². The topological polar surface area (TPSA) is 12.4 Å². The average molecular weight is 129 g/mol. The number of aliphatic imine (C=N–C) groups is 1. The van der Waals surface area contributed by atoms with Crippen LogP contribution in [0.15, 0.2) is 16.1 Å². The summed E-state index contributed by atoms with van der Waals surface area (Å²) in [6.45, 7) is 7.43. The Morgan fingerprint density at radius 2 is 2.50 bits per heavy atom.